The highest BCUT2D eigenvalue weighted by Crippen LogP contribution is 2.19. The van der Waals surface area contributed by atoms with Crippen LogP contribution in [0.2, 0.25) is 0 Å². The van der Waals surface area contributed by atoms with Gasteiger partial charge in [0.2, 0.25) is 10.0 Å². The topological polar surface area (TPSA) is 57.6 Å². The van der Waals surface area contributed by atoms with Crippen LogP contribution in [0.3, 0.4) is 0 Å². The monoisotopic (exact) mass is 313 g/mol. The molecule has 0 spiro atoms. The highest BCUT2D eigenvalue weighted by molar-refractivity contribution is 7.89. The lowest BCUT2D eigenvalue weighted by Gasteiger charge is -2.20. The van der Waals surface area contributed by atoms with Crippen molar-refractivity contribution >= 4 is 10.0 Å². The minimum atomic E-state index is -3.71. The van der Waals surface area contributed by atoms with Gasteiger partial charge in [-0.25, -0.2) is 17.1 Å². The minimum absolute atomic E-state index is 0.0626. The van der Waals surface area contributed by atoms with E-state index in [1.165, 1.54) is 23.5 Å². The van der Waals surface area contributed by atoms with Crippen molar-refractivity contribution in [2.75, 3.05) is 20.2 Å². The maximum Gasteiger partial charge on any atom is 0.242 e. The maximum absolute atomic E-state index is 13.8. The van der Waals surface area contributed by atoms with Crippen molar-refractivity contribution in [3.63, 3.8) is 0 Å². The van der Waals surface area contributed by atoms with E-state index in [4.69, 9.17) is 5.11 Å². The lowest BCUT2D eigenvalue weighted by molar-refractivity contribution is 0.350. The van der Waals surface area contributed by atoms with Gasteiger partial charge in [0.05, 0.1) is 10.5 Å². The maximum atomic E-state index is 13.8. The molecule has 0 fully saturated rings. The Balaban J connectivity index is 3.07. The lowest BCUT2D eigenvalue weighted by Crippen LogP contribution is -2.31. The SMILES string of the molecule is CCC(C)CN(C)S(=O)(=O)c1ccc(C#CCO)c(F)c1. The molecule has 0 bridgehead atoms. The van der Waals surface area contributed by atoms with Crippen molar-refractivity contribution < 1.29 is 17.9 Å². The summed E-state index contributed by atoms with van der Waals surface area (Å²) in [4.78, 5) is -0.0969. The van der Waals surface area contributed by atoms with Crippen LogP contribution < -0.4 is 0 Å². The summed E-state index contributed by atoms with van der Waals surface area (Å²) in [5.41, 5.74) is 0.0626. The number of aliphatic hydroxyl groups excluding tert-OH is 1. The Bertz CT molecular complexity index is 647. The Morgan fingerprint density at radius 2 is 2.10 bits per heavy atom. The molecule has 6 heteroatoms. The molecular formula is C15H20FNO3S. The lowest BCUT2D eigenvalue weighted by atomic mass is 10.1. The van der Waals surface area contributed by atoms with Crippen molar-refractivity contribution in [3.05, 3.63) is 29.6 Å². The number of aliphatic hydroxyl groups is 1. The van der Waals surface area contributed by atoms with Gasteiger partial charge in [-0.1, -0.05) is 32.1 Å². The van der Waals surface area contributed by atoms with Gasteiger partial charge in [-0.05, 0) is 24.1 Å². The molecule has 1 aromatic rings. The molecule has 0 aromatic heterocycles. The average Bonchev–Trinajstić information content (AvgIpc) is 2.45. The third kappa shape index (κ3) is 4.53. The van der Waals surface area contributed by atoms with E-state index in [0.717, 1.165) is 12.5 Å². The molecule has 0 saturated heterocycles. The second-order valence-electron chi connectivity index (χ2n) is 4.90. The summed E-state index contributed by atoms with van der Waals surface area (Å²) >= 11 is 0. The van der Waals surface area contributed by atoms with E-state index in [2.05, 4.69) is 11.8 Å². The molecule has 0 radical (unpaired) electrons. The quantitative estimate of drug-likeness (QED) is 0.844. The zero-order valence-electron chi connectivity index (χ0n) is 12.4. The van der Waals surface area contributed by atoms with Crippen molar-refractivity contribution in [2.45, 2.75) is 25.2 Å². The Kier molecular flexibility index (Phi) is 6.34. The molecule has 1 unspecified atom stereocenters. The molecule has 0 amide bonds. The van der Waals surface area contributed by atoms with Crippen LogP contribution in [-0.4, -0.2) is 38.0 Å². The first kappa shape index (κ1) is 17.6. The fourth-order valence-corrected chi connectivity index (χ4v) is 3.04. The molecule has 1 atom stereocenters. The molecule has 0 aliphatic rings. The van der Waals surface area contributed by atoms with Crippen molar-refractivity contribution in [3.8, 4) is 11.8 Å². The van der Waals surface area contributed by atoms with E-state index >= 15 is 0 Å². The number of hydrogen-bond acceptors (Lipinski definition) is 3. The van der Waals surface area contributed by atoms with E-state index in [9.17, 15) is 12.8 Å². The van der Waals surface area contributed by atoms with Crippen LogP contribution in [0.15, 0.2) is 23.1 Å². The number of nitrogens with zero attached hydrogens (tertiary/aromatic N) is 1. The highest BCUT2D eigenvalue weighted by Gasteiger charge is 2.22. The second-order valence-corrected chi connectivity index (χ2v) is 6.95. The van der Waals surface area contributed by atoms with Crippen LogP contribution in [0, 0.1) is 23.6 Å². The summed E-state index contributed by atoms with van der Waals surface area (Å²) in [5, 5.41) is 8.58. The van der Waals surface area contributed by atoms with Gasteiger partial charge in [0, 0.05) is 13.6 Å². The molecule has 21 heavy (non-hydrogen) atoms. The Morgan fingerprint density at radius 3 is 2.62 bits per heavy atom. The fraction of sp³-hybridized carbons (Fsp3) is 0.467. The van der Waals surface area contributed by atoms with Crippen LogP contribution in [-0.2, 0) is 10.0 Å². The largest absolute Gasteiger partial charge is 0.384 e. The molecule has 0 saturated carbocycles. The van der Waals surface area contributed by atoms with Crippen molar-refractivity contribution in [1.29, 1.82) is 0 Å². The van der Waals surface area contributed by atoms with Gasteiger partial charge in [-0.15, -0.1) is 0 Å². The van der Waals surface area contributed by atoms with E-state index in [-0.39, 0.29) is 23.0 Å². The van der Waals surface area contributed by atoms with Gasteiger partial charge in [-0.2, -0.15) is 0 Å². The Hall–Kier alpha value is -1.42. The predicted molar refractivity (Wildman–Crippen MR) is 79.6 cm³/mol. The zero-order chi connectivity index (χ0) is 16.0. The molecule has 0 heterocycles. The summed E-state index contributed by atoms with van der Waals surface area (Å²) in [6, 6.07) is 3.60. The number of hydrogen-bond donors (Lipinski definition) is 1. The van der Waals surface area contributed by atoms with E-state index in [1.54, 1.807) is 0 Å². The molecule has 116 valence electrons. The zero-order valence-corrected chi connectivity index (χ0v) is 13.2. The third-order valence-corrected chi connectivity index (χ3v) is 5.04. The van der Waals surface area contributed by atoms with E-state index in [0.29, 0.717) is 6.54 Å². The molecule has 1 aromatic carbocycles. The second kappa shape index (κ2) is 7.55. The number of halogens is 1. The first-order valence-electron chi connectivity index (χ1n) is 6.68. The van der Waals surface area contributed by atoms with Gasteiger partial charge < -0.3 is 5.11 Å². The number of sulfonamides is 1. The summed E-state index contributed by atoms with van der Waals surface area (Å²) < 4.78 is 39.7. The Morgan fingerprint density at radius 1 is 1.43 bits per heavy atom. The summed E-state index contributed by atoms with van der Waals surface area (Å²) in [6.45, 7) is 3.95. The first-order chi connectivity index (χ1) is 9.82. The van der Waals surface area contributed by atoms with Gasteiger partial charge >= 0.3 is 0 Å². The first-order valence-corrected chi connectivity index (χ1v) is 8.12. The van der Waals surface area contributed by atoms with Crippen LogP contribution in [0.25, 0.3) is 0 Å². The fourth-order valence-electron chi connectivity index (χ4n) is 1.74. The van der Waals surface area contributed by atoms with Gasteiger partial charge in [0.25, 0.3) is 0 Å². The van der Waals surface area contributed by atoms with Crippen LogP contribution in [0.1, 0.15) is 25.8 Å². The van der Waals surface area contributed by atoms with Crippen LogP contribution in [0.4, 0.5) is 4.39 Å². The number of rotatable bonds is 5. The van der Waals surface area contributed by atoms with Gasteiger partial charge in [-0.3, -0.25) is 0 Å². The molecule has 0 aliphatic carbocycles. The van der Waals surface area contributed by atoms with E-state index < -0.39 is 15.8 Å². The normalized spacial score (nSPS) is 12.9. The van der Waals surface area contributed by atoms with Crippen molar-refractivity contribution in [1.82, 2.24) is 4.31 Å². The molecular weight excluding hydrogens is 293 g/mol. The standard InChI is InChI=1S/C15H20FNO3S/c1-4-12(2)11-17(3)21(19,20)14-8-7-13(6-5-9-18)15(16)10-14/h7-8,10,12,18H,4,9,11H2,1-3H3. The minimum Gasteiger partial charge on any atom is -0.384 e. The molecule has 1 N–H and O–H groups in total. The molecule has 1 rings (SSSR count). The summed E-state index contributed by atoms with van der Waals surface area (Å²) in [6.07, 6.45) is 0.865. The smallest absolute Gasteiger partial charge is 0.242 e. The summed E-state index contributed by atoms with van der Waals surface area (Å²) in [7, 11) is -2.22. The predicted octanol–water partition coefficient (Wildman–Crippen LogP) is 1.84. The highest BCUT2D eigenvalue weighted by atomic mass is 32.2. The number of benzene rings is 1. The van der Waals surface area contributed by atoms with E-state index in [1.807, 2.05) is 13.8 Å². The Labute approximate surface area is 125 Å². The summed E-state index contributed by atoms with van der Waals surface area (Å²) in [5.74, 6) is 4.27. The third-order valence-electron chi connectivity index (χ3n) is 3.22. The molecule has 4 nitrogen and oxygen atoms in total. The van der Waals surface area contributed by atoms with Crippen LogP contribution in [0.5, 0.6) is 0 Å². The van der Waals surface area contributed by atoms with Crippen molar-refractivity contribution in [2.24, 2.45) is 5.92 Å². The van der Waals surface area contributed by atoms with Gasteiger partial charge in [0.15, 0.2) is 0 Å². The molecule has 0 aliphatic heterocycles. The average molecular weight is 313 g/mol. The van der Waals surface area contributed by atoms with Crippen LogP contribution >= 0.6 is 0 Å². The van der Waals surface area contributed by atoms with Gasteiger partial charge in [0.1, 0.15) is 12.4 Å².